The molecular formula is C22H28N8OS2. The molecule has 2 aromatic heterocycles. The smallest absolute Gasteiger partial charge is 0.234 e. The van der Waals surface area contributed by atoms with Crippen LogP contribution in [0, 0.1) is 0 Å². The lowest BCUT2D eigenvalue weighted by atomic mass is 10.3. The number of hydrogen-bond donors (Lipinski definition) is 2. The summed E-state index contributed by atoms with van der Waals surface area (Å²) < 4.78 is 0. The van der Waals surface area contributed by atoms with Crippen molar-refractivity contribution < 1.29 is 4.79 Å². The first-order valence-electron chi connectivity index (χ1n) is 11.0. The third-order valence-corrected chi connectivity index (χ3v) is 7.11. The molecule has 1 aliphatic rings. The molecule has 1 amide bonds. The minimum atomic E-state index is -0.00572. The van der Waals surface area contributed by atoms with Gasteiger partial charge in [0.1, 0.15) is 0 Å². The number of nitrogens with one attached hydrogen (secondary N) is 2. The lowest BCUT2D eigenvalue weighted by Gasteiger charge is -2.32. The zero-order chi connectivity index (χ0) is 23.2. The molecule has 0 spiro atoms. The first-order chi connectivity index (χ1) is 16.0. The van der Waals surface area contributed by atoms with Gasteiger partial charge in [-0.15, -0.1) is 11.3 Å². The van der Waals surface area contributed by atoms with E-state index in [1.807, 2.05) is 37.4 Å². The SMILES string of the molecule is CCC(=O)Nc1ccc(Sc2nc(Nc3ncc(CC)s3)nc(N3CCN(C)CC3)n2)cc1. The minimum Gasteiger partial charge on any atom is -0.338 e. The molecule has 1 fully saturated rings. The predicted octanol–water partition coefficient (Wildman–Crippen LogP) is 3.89. The van der Waals surface area contributed by atoms with Crippen molar-refractivity contribution in [1.29, 1.82) is 0 Å². The molecule has 0 atom stereocenters. The van der Waals surface area contributed by atoms with Crippen LogP contribution < -0.4 is 15.5 Å². The van der Waals surface area contributed by atoms with Crippen LogP contribution in [-0.4, -0.2) is 64.0 Å². The molecule has 0 saturated carbocycles. The Morgan fingerprint density at radius 1 is 1.09 bits per heavy atom. The van der Waals surface area contributed by atoms with Gasteiger partial charge in [-0.25, -0.2) is 4.98 Å². The van der Waals surface area contributed by atoms with Crippen LogP contribution in [0.15, 0.2) is 40.5 Å². The summed E-state index contributed by atoms with van der Waals surface area (Å²) in [4.78, 5) is 36.8. The standard InChI is InChI=1S/C22H28N8OS2/c1-4-16-14-23-21(32-16)26-19-25-20(30-12-10-29(3)11-13-30)28-22(27-19)33-17-8-6-15(7-9-17)24-18(31)5-2/h6-9,14H,4-5,10-13H2,1-3H3,(H,24,31)(H,23,25,26,27,28). The lowest BCUT2D eigenvalue weighted by molar-refractivity contribution is -0.115. The maximum atomic E-state index is 11.6. The molecule has 33 heavy (non-hydrogen) atoms. The molecule has 1 aliphatic heterocycles. The Labute approximate surface area is 202 Å². The second-order valence-corrected chi connectivity index (χ2v) is 9.83. The summed E-state index contributed by atoms with van der Waals surface area (Å²) >= 11 is 3.07. The number of piperazine rings is 1. The summed E-state index contributed by atoms with van der Waals surface area (Å²) in [6.07, 6.45) is 3.27. The zero-order valence-electron chi connectivity index (χ0n) is 19.0. The average molecular weight is 485 g/mol. The van der Waals surface area contributed by atoms with Gasteiger partial charge < -0.3 is 15.1 Å². The maximum Gasteiger partial charge on any atom is 0.234 e. The van der Waals surface area contributed by atoms with Crippen molar-refractivity contribution in [2.24, 2.45) is 0 Å². The minimum absolute atomic E-state index is 0.00572. The molecule has 0 radical (unpaired) electrons. The van der Waals surface area contributed by atoms with E-state index in [-0.39, 0.29) is 5.91 Å². The van der Waals surface area contributed by atoms with Crippen molar-refractivity contribution >= 4 is 51.7 Å². The van der Waals surface area contributed by atoms with Gasteiger partial charge in [0.2, 0.25) is 17.8 Å². The molecular weight excluding hydrogens is 456 g/mol. The van der Waals surface area contributed by atoms with Gasteiger partial charge in [0.25, 0.3) is 0 Å². The summed E-state index contributed by atoms with van der Waals surface area (Å²) in [5.41, 5.74) is 0.776. The topological polar surface area (TPSA) is 99.2 Å². The third-order valence-electron chi connectivity index (χ3n) is 5.18. The van der Waals surface area contributed by atoms with Gasteiger partial charge in [-0.2, -0.15) is 15.0 Å². The second kappa shape index (κ2) is 10.9. The maximum absolute atomic E-state index is 11.6. The van der Waals surface area contributed by atoms with E-state index in [2.05, 4.69) is 44.4 Å². The summed E-state index contributed by atoms with van der Waals surface area (Å²) in [7, 11) is 2.12. The van der Waals surface area contributed by atoms with Gasteiger partial charge in [-0.3, -0.25) is 10.1 Å². The Morgan fingerprint density at radius 2 is 1.85 bits per heavy atom. The van der Waals surface area contributed by atoms with Crippen molar-refractivity contribution in [1.82, 2.24) is 24.8 Å². The summed E-state index contributed by atoms with van der Waals surface area (Å²) in [5, 5.41) is 7.51. The molecule has 0 unspecified atom stereocenters. The lowest BCUT2D eigenvalue weighted by Crippen LogP contribution is -2.45. The van der Waals surface area contributed by atoms with Crippen molar-refractivity contribution in [3.05, 3.63) is 35.3 Å². The number of hydrogen-bond acceptors (Lipinski definition) is 10. The molecule has 1 aromatic carbocycles. The van der Waals surface area contributed by atoms with Gasteiger partial charge in [0.05, 0.1) is 0 Å². The predicted molar refractivity (Wildman–Crippen MR) is 134 cm³/mol. The normalized spacial score (nSPS) is 14.3. The number of aryl methyl sites for hydroxylation is 1. The van der Waals surface area contributed by atoms with Crippen LogP contribution in [-0.2, 0) is 11.2 Å². The molecule has 1 saturated heterocycles. The summed E-state index contributed by atoms with van der Waals surface area (Å²) in [6.45, 7) is 7.61. The van der Waals surface area contributed by atoms with Crippen LogP contribution in [0.25, 0.3) is 0 Å². The van der Waals surface area contributed by atoms with E-state index in [0.29, 0.717) is 23.5 Å². The molecule has 11 heteroatoms. The highest BCUT2D eigenvalue weighted by Gasteiger charge is 2.19. The fourth-order valence-electron chi connectivity index (χ4n) is 3.18. The fourth-order valence-corrected chi connectivity index (χ4v) is 4.67. The Balaban J connectivity index is 1.56. The van der Waals surface area contributed by atoms with Crippen LogP contribution in [0.5, 0.6) is 0 Å². The van der Waals surface area contributed by atoms with Crippen LogP contribution >= 0.6 is 23.1 Å². The highest BCUT2D eigenvalue weighted by atomic mass is 32.2. The summed E-state index contributed by atoms with van der Waals surface area (Å²) in [5.74, 6) is 1.15. The van der Waals surface area contributed by atoms with Crippen LogP contribution in [0.4, 0.5) is 22.7 Å². The van der Waals surface area contributed by atoms with Crippen LogP contribution in [0.1, 0.15) is 25.1 Å². The second-order valence-electron chi connectivity index (χ2n) is 7.67. The van der Waals surface area contributed by atoms with Crippen molar-refractivity contribution in [3.63, 3.8) is 0 Å². The number of anilines is 4. The number of likely N-dealkylation sites (N-methyl/N-ethyl adjacent to an activating group) is 1. The van der Waals surface area contributed by atoms with Crippen molar-refractivity contribution in [2.75, 3.05) is 48.8 Å². The largest absolute Gasteiger partial charge is 0.338 e. The number of rotatable bonds is 8. The Bertz CT molecular complexity index is 1080. The van der Waals surface area contributed by atoms with Crippen molar-refractivity contribution in [3.8, 4) is 0 Å². The zero-order valence-corrected chi connectivity index (χ0v) is 20.7. The highest BCUT2D eigenvalue weighted by molar-refractivity contribution is 7.99. The van der Waals surface area contributed by atoms with E-state index in [1.165, 1.54) is 16.6 Å². The van der Waals surface area contributed by atoms with E-state index in [4.69, 9.17) is 9.97 Å². The average Bonchev–Trinajstić information content (AvgIpc) is 3.28. The molecule has 0 bridgehead atoms. The van der Waals surface area contributed by atoms with Gasteiger partial charge in [0.15, 0.2) is 10.3 Å². The molecule has 3 heterocycles. The molecule has 4 rings (SSSR count). The molecule has 2 N–H and O–H groups in total. The fraction of sp³-hybridized carbons (Fsp3) is 0.409. The number of aromatic nitrogens is 4. The van der Waals surface area contributed by atoms with E-state index in [0.717, 1.165) is 48.3 Å². The third kappa shape index (κ3) is 6.40. The highest BCUT2D eigenvalue weighted by Crippen LogP contribution is 2.29. The van der Waals surface area contributed by atoms with Gasteiger partial charge in [-0.05, 0) is 49.5 Å². The Hall–Kier alpha value is -2.76. The van der Waals surface area contributed by atoms with Gasteiger partial charge >= 0.3 is 0 Å². The van der Waals surface area contributed by atoms with Crippen molar-refractivity contribution in [2.45, 2.75) is 36.7 Å². The Morgan fingerprint density at radius 3 is 2.52 bits per heavy atom. The Kier molecular flexibility index (Phi) is 7.73. The quantitative estimate of drug-likeness (QED) is 0.493. The molecule has 3 aromatic rings. The number of carbonyl (C=O) groups excluding carboxylic acids is 1. The molecule has 174 valence electrons. The molecule has 9 nitrogen and oxygen atoms in total. The van der Waals surface area contributed by atoms with Crippen LogP contribution in [0.3, 0.4) is 0 Å². The molecule has 0 aliphatic carbocycles. The van der Waals surface area contributed by atoms with Gasteiger partial charge in [-0.1, -0.05) is 13.8 Å². The van der Waals surface area contributed by atoms with E-state index in [9.17, 15) is 4.79 Å². The first kappa shape index (κ1) is 23.4. The van der Waals surface area contributed by atoms with Crippen LogP contribution in [0.2, 0.25) is 0 Å². The van der Waals surface area contributed by atoms with Gasteiger partial charge in [0, 0.05) is 54.3 Å². The monoisotopic (exact) mass is 484 g/mol. The number of thiazole rings is 1. The van der Waals surface area contributed by atoms with E-state index in [1.54, 1.807) is 11.3 Å². The number of benzene rings is 1. The number of carbonyl (C=O) groups is 1. The number of nitrogens with zero attached hydrogens (tertiary/aromatic N) is 6. The first-order valence-corrected chi connectivity index (χ1v) is 12.6. The summed E-state index contributed by atoms with van der Waals surface area (Å²) in [6, 6.07) is 7.69. The van der Waals surface area contributed by atoms with E-state index < -0.39 is 0 Å². The van der Waals surface area contributed by atoms with E-state index >= 15 is 0 Å². The number of amides is 1.